The first-order valence-corrected chi connectivity index (χ1v) is 7.53. The van der Waals surface area contributed by atoms with Crippen LogP contribution in [0.4, 0.5) is 5.69 Å². The number of hydrogen-bond acceptors (Lipinski definition) is 4. The minimum Gasteiger partial charge on any atom is -0.508 e. The van der Waals surface area contributed by atoms with E-state index < -0.39 is 11.8 Å². The minimum atomic E-state index is -0.704. The topological polar surface area (TPSA) is 81.1 Å². The van der Waals surface area contributed by atoms with Crippen LogP contribution in [0.1, 0.15) is 5.56 Å². The van der Waals surface area contributed by atoms with E-state index in [9.17, 15) is 19.8 Å². The number of aromatic hydroxyl groups is 1. The second kappa shape index (κ2) is 8.12. The Morgan fingerprint density at radius 1 is 0.958 bits per heavy atom. The monoisotopic (exact) mass is 328 g/mol. The van der Waals surface area contributed by atoms with Gasteiger partial charge in [0.05, 0.1) is 6.61 Å². The maximum atomic E-state index is 12.5. The van der Waals surface area contributed by atoms with Crippen LogP contribution in [0.3, 0.4) is 0 Å². The van der Waals surface area contributed by atoms with Crippen LogP contribution in [0.5, 0.6) is 5.75 Å². The quantitative estimate of drug-likeness (QED) is 0.813. The molecule has 0 spiro atoms. The summed E-state index contributed by atoms with van der Waals surface area (Å²) in [5.74, 6) is -1.31. The lowest BCUT2D eigenvalue weighted by atomic mass is 10.2. The summed E-state index contributed by atoms with van der Waals surface area (Å²) in [6.07, 6.45) is 0. The first-order chi connectivity index (χ1) is 11.5. The van der Waals surface area contributed by atoms with Crippen molar-refractivity contribution in [2.45, 2.75) is 6.54 Å². The molecule has 0 unspecified atom stereocenters. The zero-order valence-corrected chi connectivity index (χ0v) is 13.4. The van der Waals surface area contributed by atoms with Crippen molar-refractivity contribution in [1.29, 1.82) is 0 Å². The Hall–Kier alpha value is -2.86. The SMILES string of the molecule is CN(C(=O)C(=O)N(CCO)Cc1ccccc1)c1ccc(O)cc1. The van der Waals surface area contributed by atoms with Gasteiger partial charge in [-0.3, -0.25) is 9.59 Å². The van der Waals surface area contributed by atoms with Crippen molar-refractivity contribution in [2.75, 3.05) is 25.1 Å². The summed E-state index contributed by atoms with van der Waals surface area (Å²) in [5.41, 5.74) is 1.37. The average molecular weight is 328 g/mol. The van der Waals surface area contributed by atoms with Gasteiger partial charge in [-0.15, -0.1) is 0 Å². The van der Waals surface area contributed by atoms with Gasteiger partial charge in [0, 0.05) is 25.8 Å². The average Bonchev–Trinajstić information content (AvgIpc) is 2.61. The number of phenolic OH excluding ortho intramolecular Hbond substituents is 1. The summed E-state index contributed by atoms with van der Waals surface area (Å²) in [6, 6.07) is 15.3. The van der Waals surface area contributed by atoms with Gasteiger partial charge in [0.2, 0.25) is 0 Å². The van der Waals surface area contributed by atoms with Crippen molar-refractivity contribution in [1.82, 2.24) is 4.90 Å². The van der Waals surface area contributed by atoms with Gasteiger partial charge in [0.25, 0.3) is 0 Å². The van der Waals surface area contributed by atoms with E-state index in [0.717, 1.165) is 5.56 Å². The molecule has 2 rings (SSSR count). The molecule has 2 aromatic rings. The third-order valence-electron chi connectivity index (χ3n) is 3.60. The van der Waals surface area contributed by atoms with Crippen molar-refractivity contribution >= 4 is 17.5 Å². The molecule has 0 heterocycles. The van der Waals surface area contributed by atoms with Crippen LogP contribution in [0.2, 0.25) is 0 Å². The Labute approximate surface area is 140 Å². The Morgan fingerprint density at radius 2 is 1.58 bits per heavy atom. The van der Waals surface area contributed by atoms with Crippen LogP contribution in [0, 0.1) is 0 Å². The second-order valence-corrected chi connectivity index (χ2v) is 5.32. The number of likely N-dealkylation sites (N-methyl/N-ethyl adjacent to an activating group) is 1. The number of aliphatic hydroxyl groups is 1. The number of carbonyl (C=O) groups is 2. The molecule has 0 bridgehead atoms. The van der Waals surface area contributed by atoms with Crippen LogP contribution in [0.25, 0.3) is 0 Å². The van der Waals surface area contributed by atoms with E-state index in [1.807, 2.05) is 30.3 Å². The molecule has 0 aliphatic rings. The molecule has 0 aromatic heterocycles. The van der Waals surface area contributed by atoms with Gasteiger partial charge in [-0.1, -0.05) is 30.3 Å². The molecular weight excluding hydrogens is 308 g/mol. The van der Waals surface area contributed by atoms with E-state index in [-0.39, 0.29) is 25.4 Å². The Balaban J connectivity index is 2.12. The lowest BCUT2D eigenvalue weighted by molar-refractivity contribution is -0.145. The fourth-order valence-electron chi connectivity index (χ4n) is 2.25. The highest BCUT2D eigenvalue weighted by molar-refractivity contribution is 6.40. The maximum Gasteiger partial charge on any atom is 0.316 e. The number of aliphatic hydroxyl groups excluding tert-OH is 1. The molecule has 0 fully saturated rings. The van der Waals surface area contributed by atoms with Gasteiger partial charge in [-0.05, 0) is 29.8 Å². The highest BCUT2D eigenvalue weighted by Gasteiger charge is 2.25. The van der Waals surface area contributed by atoms with Crippen molar-refractivity contribution in [3.63, 3.8) is 0 Å². The van der Waals surface area contributed by atoms with E-state index in [1.54, 1.807) is 12.1 Å². The van der Waals surface area contributed by atoms with Crippen molar-refractivity contribution < 1.29 is 19.8 Å². The van der Waals surface area contributed by atoms with Crippen molar-refractivity contribution in [3.8, 4) is 5.75 Å². The van der Waals surface area contributed by atoms with Gasteiger partial charge < -0.3 is 20.0 Å². The molecule has 0 aliphatic heterocycles. The molecule has 0 saturated carbocycles. The summed E-state index contributed by atoms with van der Waals surface area (Å²) >= 11 is 0. The van der Waals surface area contributed by atoms with Crippen LogP contribution in [-0.2, 0) is 16.1 Å². The lowest BCUT2D eigenvalue weighted by Crippen LogP contribution is -2.44. The Morgan fingerprint density at radius 3 is 2.17 bits per heavy atom. The number of carbonyl (C=O) groups excluding carboxylic acids is 2. The molecule has 24 heavy (non-hydrogen) atoms. The Bertz CT molecular complexity index is 686. The number of phenols is 1. The number of anilines is 1. The number of nitrogens with zero attached hydrogens (tertiary/aromatic N) is 2. The van der Waals surface area contributed by atoms with Crippen LogP contribution >= 0.6 is 0 Å². The van der Waals surface area contributed by atoms with E-state index in [1.165, 1.54) is 29.0 Å². The van der Waals surface area contributed by atoms with Gasteiger partial charge >= 0.3 is 11.8 Å². The molecule has 0 saturated heterocycles. The molecule has 2 aromatic carbocycles. The molecule has 2 amide bonds. The number of amides is 2. The van der Waals surface area contributed by atoms with Gasteiger partial charge in [0.15, 0.2) is 0 Å². The smallest absolute Gasteiger partial charge is 0.316 e. The first-order valence-electron chi connectivity index (χ1n) is 7.53. The lowest BCUT2D eigenvalue weighted by Gasteiger charge is -2.24. The van der Waals surface area contributed by atoms with Gasteiger partial charge in [0.1, 0.15) is 5.75 Å². The maximum absolute atomic E-state index is 12.5. The fraction of sp³-hybridized carbons (Fsp3) is 0.222. The number of hydrogen-bond donors (Lipinski definition) is 2. The zero-order chi connectivity index (χ0) is 17.5. The normalized spacial score (nSPS) is 10.2. The minimum absolute atomic E-state index is 0.0723. The third-order valence-corrected chi connectivity index (χ3v) is 3.60. The third kappa shape index (κ3) is 4.33. The summed E-state index contributed by atoms with van der Waals surface area (Å²) in [6.45, 7) is 0.0903. The van der Waals surface area contributed by atoms with Gasteiger partial charge in [-0.25, -0.2) is 0 Å². The molecule has 126 valence electrons. The summed E-state index contributed by atoms with van der Waals surface area (Å²) < 4.78 is 0. The van der Waals surface area contributed by atoms with Crippen LogP contribution in [-0.4, -0.2) is 47.1 Å². The van der Waals surface area contributed by atoms with Gasteiger partial charge in [-0.2, -0.15) is 0 Å². The summed E-state index contributed by atoms with van der Waals surface area (Å²) in [7, 11) is 1.49. The molecule has 6 heteroatoms. The van der Waals surface area contributed by atoms with E-state index in [4.69, 9.17) is 0 Å². The zero-order valence-electron chi connectivity index (χ0n) is 13.4. The predicted octanol–water partition coefficient (Wildman–Crippen LogP) is 1.38. The molecular formula is C18H20N2O4. The van der Waals surface area contributed by atoms with Crippen molar-refractivity contribution in [3.05, 3.63) is 60.2 Å². The number of benzene rings is 2. The summed E-state index contributed by atoms with van der Waals surface area (Å²) in [5, 5.41) is 18.5. The molecule has 0 aliphatic carbocycles. The van der Waals surface area contributed by atoms with Crippen molar-refractivity contribution in [2.24, 2.45) is 0 Å². The summed E-state index contributed by atoms with van der Waals surface area (Å²) in [4.78, 5) is 27.5. The largest absolute Gasteiger partial charge is 0.508 e. The molecule has 2 N–H and O–H groups in total. The van der Waals surface area contributed by atoms with E-state index in [0.29, 0.717) is 5.69 Å². The number of rotatable bonds is 5. The van der Waals surface area contributed by atoms with Crippen LogP contribution in [0.15, 0.2) is 54.6 Å². The van der Waals surface area contributed by atoms with E-state index >= 15 is 0 Å². The fourth-order valence-corrected chi connectivity index (χ4v) is 2.25. The standard InChI is InChI=1S/C18H20N2O4/c1-19(15-7-9-16(22)10-8-15)17(23)18(24)20(11-12-21)13-14-5-3-2-4-6-14/h2-10,21-22H,11-13H2,1H3. The first kappa shape index (κ1) is 17.5. The highest BCUT2D eigenvalue weighted by atomic mass is 16.3. The second-order valence-electron chi connectivity index (χ2n) is 5.32. The molecule has 0 radical (unpaired) electrons. The highest BCUT2D eigenvalue weighted by Crippen LogP contribution is 2.18. The van der Waals surface area contributed by atoms with E-state index in [2.05, 4.69) is 0 Å². The van der Waals surface area contributed by atoms with Crippen LogP contribution < -0.4 is 4.90 Å². The molecule has 0 atom stereocenters. The molecule has 6 nitrogen and oxygen atoms in total. The Kier molecular flexibility index (Phi) is 5.92. The predicted molar refractivity (Wildman–Crippen MR) is 90.5 cm³/mol.